The van der Waals surface area contributed by atoms with E-state index in [1.54, 1.807) is 0 Å². The lowest BCUT2D eigenvalue weighted by Gasteiger charge is -2.25. The molecule has 0 aliphatic rings. The van der Waals surface area contributed by atoms with Gasteiger partial charge in [-0.2, -0.15) is 0 Å². The van der Waals surface area contributed by atoms with Gasteiger partial charge in [0.2, 0.25) is 0 Å². The van der Waals surface area contributed by atoms with Crippen molar-refractivity contribution in [3.63, 3.8) is 0 Å². The van der Waals surface area contributed by atoms with Gasteiger partial charge in [0, 0.05) is 35.0 Å². The summed E-state index contributed by atoms with van der Waals surface area (Å²) in [4.78, 5) is 2.15. The molecule has 1 aromatic rings. The lowest BCUT2D eigenvalue weighted by atomic mass is 10.2. The molecule has 0 fully saturated rings. The van der Waals surface area contributed by atoms with Crippen LogP contribution in [0.2, 0.25) is 0 Å². The number of halogens is 3. The van der Waals surface area contributed by atoms with Gasteiger partial charge in [0.05, 0.1) is 0 Å². The molecule has 1 nitrogen and oxygen atoms in total. The van der Waals surface area contributed by atoms with Gasteiger partial charge in [-0.3, -0.25) is 4.90 Å². The molecule has 0 heterocycles. The van der Waals surface area contributed by atoms with Gasteiger partial charge < -0.3 is 0 Å². The van der Waals surface area contributed by atoms with E-state index in [1.165, 1.54) is 6.07 Å². The van der Waals surface area contributed by atoms with E-state index < -0.39 is 0 Å². The minimum Gasteiger partial charge on any atom is -0.295 e. The topological polar surface area (TPSA) is 3.24 Å². The SMILES string of the molecule is CC(C)N(CCCl)Cc1ccc(Br)cc1F. The van der Waals surface area contributed by atoms with E-state index >= 15 is 0 Å². The molecule has 0 bridgehead atoms. The monoisotopic (exact) mass is 307 g/mol. The molecule has 0 saturated heterocycles. The molecular weight excluding hydrogens is 292 g/mol. The van der Waals surface area contributed by atoms with Gasteiger partial charge in [0.1, 0.15) is 5.82 Å². The van der Waals surface area contributed by atoms with Gasteiger partial charge >= 0.3 is 0 Å². The van der Waals surface area contributed by atoms with Gasteiger partial charge in [-0.15, -0.1) is 11.6 Å². The number of benzene rings is 1. The molecule has 0 amide bonds. The van der Waals surface area contributed by atoms with E-state index in [0.29, 0.717) is 24.0 Å². The highest BCUT2D eigenvalue weighted by Gasteiger charge is 2.12. The third kappa shape index (κ3) is 4.04. The average molecular weight is 309 g/mol. The van der Waals surface area contributed by atoms with Gasteiger partial charge in [-0.1, -0.05) is 22.0 Å². The van der Waals surface area contributed by atoms with Crippen LogP contribution in [0.15, 0.2) is 22.7 Å². The maximum atomic E-state index is 13.6. The molecule has 0 unspecified atom stereocenters. The predicted octanol–water partition coefficient (Wildman–Crippen LogP) is 4.04. The Balaban J connectivity index is 2.77. The first kappa shape index (κ1) is 13.9. The number of hydrogen-bond donors (Lipinski definition) is 0. The Labute approximate surface area is 110 Å². The summed E-state index contributed by atoms with van der Waals surface area (Å²) in [6, 6.07) is 5.52. The number of alkyl halides is 1. The molecule has 1 aromatic carbocycles. The van der Waals surface area contributed by atoms with E-state index in [4.69, 9.17) is 11.6 Å². The van der Waals surface area contributed by atoms with Crippen molar-refractivity contribution in [2.24, 2.45) is 0 Å². The third-order valence-corrected chi connectivity index (χ3v) is 3.15. The Bertz CT molecular complexity index is 344. The summed E-state index contributed by atoms with van der Waals surface area (Å²) < 4.78 is 14.4. The predicted molar refractivity (Wildman–Crippen MR) is 70.4 cm³/mol. The highest BCUT2D eigenvalue weighted by atomic mass is 79.9. The molecular formula is C12H16BrClFN. The zero-order valence-corrected chi connectivity index (χ0v) is 11.9. The van der Waals surface area contributed by atoms with Crippen molar-refractivity contribution >= 4 is 27.5 Å². The van der Waals surface area contributed by atoms with Gasteiger partial charge in [-0.25, -0.2) is 4.39 Å². The molecule has 0 saturated carbocycles. The van der Waals surface area contributed by atoms with Crippen molar-refractivity contribution in [1.82, 2.24) is 4.90 Å². The molecule has 0 spiro atoms. The molecule has 0 radical (unpaired) electrons. The van der Waals surface area contributed by atoms with Crippen molar-refractivity contribution < 1.29 is 4.39 Å². The lowest BCUT2D eigenvalue weighted by molar-refractivity contribution is 0.223. The molecule has 4 heteroatoms. The van der Waals surface area contributed by atoms with Crippen molar-refractivity contribution in [1.29, 1.82) is 0 Å². The first-order valence-corrected chi connectivity index (χ1v) is 6.61. The van der Waals surface area contributed by atoms with Crippen LogP contribution in [0.1, 0.15) is 19.4 Å². The molecule has 0 aromatic heterocycles. The van der Waals surface area contributed by atoms with E-state index in [0.717, 1.165) is 11.0 Å². The summed E-state index contributed by atoms with van der Waals surface area (Å²) in [5.41, 5.74) is 0.710. The quantitative estimate of drug-likeness (QED) is 0.742. The van der Waals surface area contributed by atoms with Crippen LogP contribution in [-0.4, -0.2) is 23.4 Å². The van der Waals surface area contributed by atoms with Crippen LogP contribution in [0, 0.1) is 5.82 Å². The molecule has 1 rings (SSSR count). The Morgan fingerprint density at radius 1 is 1.44 bits per heavy atom. The first-order valence-electron chi connectivity index (χ1n) is 5.28. The van der Waals surface area contributed by atoms with E-state index in [-0.39, 0.29) is 5.82 Å². The van der Waals surface area contributed by atoms with E-state index in [9.17, 15) is 4.39 Å². The van der Waals surface area contributed by atoms with Crippen LogP contribution in [-0.2, 0) is 6.54 Å². The largest absolute Gasteiger partial charge is 0.295 e. The van der Waals surface area contributed by atoms with Crippen molar-refractivity contribution in [2.45, 2.75) is 26.4 Å². The average Bonchev–Trinajstić information content (AvgIpc) is 2.20. The summed E-state index contributed by atoms with van der Waals surface area (Å²) in [6.45, 7) is 5.55. The summed E-state index contributed by atoms with van der Waals surface area (Å²) in [5.74, 6) is 0.394. The lowest BCUT2D eigenvalue weighted by Crippen LogP contribution is -2.32. The van der Waals surface area contributed by atoms with Crippen LogP contribution in [0.25, 0.3) is 0 Å². The first-order chi connectivity index (χ1) is 7.54. The Morgan fingerprint density at radius 3 is 2.62 bits per heavy atom. The van der Waals surface area contributed by atoms with Gasteiger partial charge in [0.15, 0.2) is 0 Å². The second-order valence-corrected chi connectivity index (χ2v) is 5.28. The fourth-order valence-electron chi connectivity index (χ4n) is 1.50. The Morgan fingerprint density at radius 2 is 2.12 bits per heavy atom. The summed E-state index contributed by atoms with van der Waals surface area (Å²) in [6.07, 6.45) is 0. The molecule has 0 aliphatic carbocycles. The molecule has 90 valence electrons. The van der Waals surface area contributed by atoms with Crippen LogP contribution in [0.3, 0.4) is 0 Å². The zero-order chi connectivity index (χ0) is 12.1. The molecule has 0 N–H and O–H groups in total. The second-order valence-electron chi connectivity index (χ2n) is 3.99. The molecule has 16 heavy (non-hydrogen) atoms. The fourth-order valence-corrected chi connectivity index (χ4v) is 2.05. The zero-order valence-electron chi connectivity index (χ0n) is 9.51. The minimum absolute atomic E-state index is 0.172. The minimum atomic E-state index is -0.172. The van der Waals surface area contributed by atoms with Crippen LogP contribution >= 0.6 is 27.5 Å². The smallest absolute Gasteiger partial charge is 0.128 e. The van der Waals surface area contributed by atoms with Crippen molar-refractivity contribution in [3.05, 3.63) is 34.1 Å². The molecule has 0 aliphatic heterocycles. The molecule has 0 atom stereocenters. The standard InChI is InChI=1S/C12H16BrClFN/c1-9(2)16(6-5-14)8-10-3-4-11(13)7-12(10)15/h3-4,7,9H,5-6,8H2,1-2H3. The second kappa shape index (κ2) is 6.58. The summed E-state index contributed by atoms with van der Waals surface area (Å²) >= 11 is 8.98. The number of rotatable bonds is 5. The van der Waals surface area contributed by atoms with E-state index in [1.807, 2.05) is 12.1 Å². The maximum absolute atomic E-state index is 13.6. The maximum Gasteiger partial charge on any atom is 0.128 e. The number of hydrogen-bond acceptors (Lipinski definition) is 1. The van der Waals surface area contributed by atoms with E-state index in [2.05, 4.69) is 34.7 Å². The normalized spacial score (nSPS) is 11.4. The van der Waals surface area contributed by atoms with Crippen LogP contribution in [0.4, 0.5) is 4.39 Å². The highest BCUT2D eigenvalue weighted by molar-refractivity contribution is 9.10. The van der Waals surface area contributed by atoms with Crippen molar-refractivity contribution in [2.75, 3.05) is 12.4 Å². The van der Waals surface area contributed by atoms with Crippen molar-refractivity contribution in [3.8, 4) is 0 Å². The fraction of sp³-hybridized carbons (Fsp3) is 0.500. The number of nitrogens with zero attached hydrogens (tertiary/aromatic N) is 1. The highest BCUT2D eigenvalue weighted by Crippen LogP contribution is 2.17. The summed E-state index contributed by atoms with van der Waals surface area (Å²) in [7, 11) is 0. The Hall–Kier alpha value is -0.120. The summed E-state index contributed by atoms with van der Waals surface area (Å²) in [5, 5.41) is 0. The van der Waals surface area contributed by atoms with Gasteiger partial charge in [0.25, 0.3) is 0 Å². The van der Waals surface area contributed by atoms with Crippen LogP contribution in [0.5, 0.6) is 0 Å². The third-order valence-electron chi connectivity index (χ3n) is 2.49. The van der Waals surface area contributed by atoms with Gasteiger partial charge in [-0.05, 0) is 26.0 Å². The Kier molecular flexibility index (Phi) is 5.73. The van der Waals surface area contributed by atoms with Crippen LogP contribution < -0.4 is 0 Å².